The van der Waals surface area contributed by atoms with Crippen LogP contribution in [0.15, 0.2) is 59.3 Å². The van der Waals surface area contributed by atoms with Crippen LogP contribution < -0.4 is 10.6 Å². The number of nitrogens with one attached hydrogen (secondary N) is 2. The zero-order valence-electron chi connectivity index (χ0n) is 23.6. The van der Waals surface area contributed by atoms with Gasteiger partial charge in [-0.05, 0) is 76.5 Å². The summed E-state index contributed by atoms with van der Waals surface area (Å²) < 4.78 is 11.3. The molecule has 0 radical (unpaired) electrons. The molecule has 11 heteroatoms. The molecule has 4 aromatic rings. The molecule has 3 fully saturated rings. The van der Waals surface area contributed by atoms with Crippen molar-refractivity contribution in [2.45, 2.75) is 50.2 Å². The van der Waals surface area contributed by atoms with Crippen LogP contribution in [0.2, 0.25) is 0 Å². The zero-order chi connectivity index (χ0) is 28.9. The Morgan fingerprint density at radius 2 is 1.79 bits per heavy atom. The van der Waals surface area contributed by atoms with Crippen LogP contribution >= 0.6 is 0 Å². The van der Waals surface area contributed by atoms with Crippen LogP contribution in [0.4, 0.5) is 17.5 Å². The van der Waals surface area contributed by atoms with E-state index in [9.17, 15) is 9.90 Å². The third-order valence-electron chi connectivity index (χ3n) is 8.83. The number of cyclic esters (lactones) is 1. The Labute approximate surface area is 243 Å². The first-order valence-electron chi connectivity index (χ1n) is 14.3. The molecule has 3 saturated heterocycles. The molecule has 4 aliphatic rings. The number of anilines is 3. The SMILES string of the molecule is CC1(C)OC(=O)c2ccc(Nc3ncc(-c4nc(C56CCN(CC5)CC6)no4)c(N[C@H](CO)c4ccccc4)n3)cc21. The number of hydrogen-bond donors (Lipinski definition) is 3. The van der Waals surface area contributed by atoms with E-state index in [1.54, 1.807) is 18.3 Å². The minimum Gasteiger partial charge on any atom is -0.451 e. The molecule has 216 valence electrons. The summed E-state index contributed by atoms with van der Waals surface area (Å²) >= 11 is 0. The Bertz CT molecular complexity index is 1620. The maximum Gasteiger partial charge on any atom is 0.339 e. The van der Waals surface area contributed by atoms with Crippen molar-refractivity contribution in [1.82, 2.24) is 25.0 Å². The highest BCUT2D eigenvalue weighted by Crippen LogP contribution is 2.42. The van der Waals surface area contributed by atoms with Crippen LogP contribution in [-0.4, -0.2) is 62.3 Å². The summed E-state index contributed by atoms with van der Waals surface area (Å²) in [6.07, 6.45) is 4.71. The van der Waals surface area contributed by atoms with Crippen molar-refractivity contribution in [3.63, 3.8) is 0 Å². The number of piperidine rings is 3. The van der Waals surface area contributed by atoms with Crippen LogP contribution in [0.3, 0.4) is 0 Å². The predicted octanol–water partition coefficient (Wildman–Crippen LogP) is 4.56. The molecular formula is C31H33N7O4. The molecule has 42 heavy (non-hydrogen) atoms. The number of ether oxygens (including phenoxy) is 1. The third-order valence-corrected chi connectivity index (χ3v) is 8.83. The number of carbonyl (C=O) groups excluding carboxylic acids is 1. The quantitative estimate of drug-likeness (QED) is 0.258. The number of aliphatic hydroxyl groups excluding tert-OH is 1. The Morgan fingerprint density at radius 3 is 2.52 bits per heavy atom. The molecule has 3 N–H and O–H groups in total. The highest BCUT2D eigenvalue weighted by molar-refractivity contribution is 5.95. The fourth-order valence-electron chi connectivity index (χ4n) is 6.27. The summed E-state index contributed by atoms with van der Waals surface area (Å²) in [7, 11) is 0. The van der Waals surface area contributed by atoms with Crippen molar-refractivity contribution >= 4 is 23.4 Å². The molecule has 8 rings (SSSR count). The second kappa shape index (κ2) is 10.2. The van der Waals surface area contributed by atoms with E-state index in [-0.39, 0.29) is 18.0 Å². The highest BCUT2D eigenvalue weighted by atomic mass is 16.6. The molecule has 0 spiro atoms. The smallest absolute Gasteiger partial charge is 0.339 e. The molecule has 4 aliphatic heterocycles. The molecule has 6 heterocycles. The number of carbonyl (C=O) groups is 1. The van der Waals surface area contributed by atoms with Gasteiger partial charge in [-0.2, -0.15) is 9.97 Å². The molecule has 0 unspecified atom stereocenters. The minimum atomic E-state index is -0.727. The van der Waals surface area contributed by atoms with Gasteiger partial charge in [0.1, 0.15) is 17.0 Å². The maximum atomic E-state index is 12.2. The van der Waals surface area contributed by atoms with E-state index in [0.717, 1.165) is 55.8 Å². The maximum absolute atomic E-state index is 12.2. The molecule has 2 aromatic carbocycles. The first-order valence-corrected chi connectivity index (χ1v) is 14.3. The number of benzene rings is 2. The van der Waals surface area contributed by atoms with Crippen molar-refractivity contribution in [2.24, 2.45) is 0 Å². The van der Waals surface area contributed by atoms with E-state index in [4.69, 9.17) is 19.2 Å². The van der Waals surface area contributed by atoms with Gasteiger partial charge in [-0.1, -0.05) is 35.5 Å². The van der Waals surface area contributed by atoms with Gasteiger partial charge in [0, 0.05) is 22.9 Å². The summed E-state index contributed by atoms with van der Waals surface area (Å²) in [5.74, 6) is 1.51. The van der Waals surface area contributed by atoms with E-state index in [2.05, 4.69) is 25.7 Å². The second-order valence-electron chi connectivity index (χ2n) is 11.8. The van der Waals surface area contributed by atoms with Gasteiger partial charge < -0.3 is 29.9 Å². The van der Waals surface area contributed by atoms with Gasteiger partial charge in [0.25, 0.3) is 5.89 Å². The second-order valence-corrected chi connectivity index (χ2v) is 11.8. The fourth-order valence-corrected chi connectivity index (χ4v) is 6.27. The zero-order valence-corrected chi connectivity index (χ0v) is 23.6. The average molecular weight is 568 g/mol. The van der Waals surface area contributed by atoms with E-state index in [1.807, 2.05) is 50.2 Å². The van der Waals surface area contributed by atoms with Crippen LogP contribution in [-0.2, 0) is 15.8 Å². The lowest BCUT2D eigenvalue weighted by atomic mass is 9.71. The van der Waals surface area contributed by atoms with Crippen LogP contribution in [0.1, 0.15) is 66.5 Å². The van der Waals surface area contributed by atoms with Gasteiger partial charge in [-0.3, -0.25) is 0 Å². The monoisotopic (exact) mass is 567 g/mol. The highest BCUT2D eigenvalue weighted by Gasteiger charge is 2.44. The van der Waals surface area contributed by atoms with Crippen LogP contribution in [0.5, 0.6) is 0 Å². The van der Waals surface area contributed by atoms with E-state index in [1.165, 1.54) is 0 Å². The van der Waals surface area contributed by atoms with Gasteiger partial charge in [-0.25, -0.2) is 9.78 Å². The number of fused-ring (bicyclic) bond motifs is 4. The summed E-state index contributed by atoms with van der Waals surface area (Å²) in [4.78, 5) is 29.0. The fraction of sp³-hybridized carbons (Fsp3) is 0.387. The molecule has 11 nitrogen and oxygen atoms in total. The number of nitrogens with zero attached hydrogens (tertiary/aromatic N) is 5. The lowest BCUT2D eigenvalue weighted by molar-refractivity contribution is 0.00954. The largest absolute Gasteiger partial charge is 0.451 e. The predicted molar refractivity (Wildman–Crippen MR) is 155 cm³/mol. The molecule has 2 bridgehead atoms. The molecular weight excluding hydrogens is 534 g/mol. The summed E-state index contributed by atoms with van der Waals surface area (Å²) in [6, 6.07) is 14.7. The van der Waals surface area contributed by atoms with Gasteiger partial charge in [-0.15, -0.1) is 0 Å². The Balaban J connectivity index is 1.23. The van der Waals surface area contributed by atoms with Gasteiger partial charge in [0.2, 0.25) is 5.95 Å². The standard InChI is InChI=1S/C31H33N7O4/c1-30(2)23-16-20(8-9-21(23)27(40)41-30)33-29-32-17-22(25(35-29)34-24(18-39)19-6-4-3-5-7-19)26-36-28(37-42-26)31-10-13-38(14-11-31)15-12-31/h3-9,16-17,24,39H,10-15,18H2,1-2H3,(H2,32,33,34,35)/t24-/m1/s1. The number of rotatable bonds is 8. The Kier molecular flexibility index (Phi) is 6.43. The van der Waals surface area contributed by atoms with Crippen molar-refractivity contribution in [3.05, 3.63) is 77.2 Å². The molecule has 0 saturated carbocycles. The number of esters is 1. The van der Waals surface area contributed by atoms with Crippen molar-refractivity contribution in [2.75, 3.05) is 36.9 Å². The summed E-state index contributed by atoms with van der Waals surface area (Å²) in [5, 5.41) is 21.4. The summed E-state index contributed by atoms with van der Waals surface area (Å²) in [6.45, 7) is 6.72. The lowest BCUT2D eigenvalue weighted by Crippen LogP contribution is -2.51. The normalized spacial score (nSPS) is 22.8. The first kappa shape index (κ1) is 26.5. The molecule has 0 aliphatic carbocycles. The van der Waals surface area contributed by atoms with Gasteiger partial charge in [0.15, 0.2) is 5.82 Å². The van der Waals surface area contributed by atoms with Gasteiger partial charge in [0.05, 0.1) is 18.2 Å². The van der Waals surface area contributed by atoms with E-state index < -0.39 is 11.6 Å². The van der Waals surface area contributed by atoms with E-state index in [0.29, 0.717) is 34.5 Å². The van der Waals surface area contributed by atoms with Crippen LogP contribution in [0, 0.1) is 0 Å². The Morgan fingerprint density at radius 1 is 1.02 bits per heavy atom. The molecule has 2 aromatic heterocycles. The number of aromatic nitrogens is 4. The van der Waals surface area contributed by atoms with Crippen LogP contribution in [0.25, 0.3) is 11.5 Å². The molecule has 1 atom stereocenters. The van der Waals surface area contributed by atoms with Gasteiger partial charge >= 0.3 is 5.97 Å². The third kappa shape index (κ3) is 4.68. The number of aliphatic hydroxyl groups is 1. The van der Waals surface area contributed by atoms with E-state index >= 15 is 0 Å². The number of hydrogen-bond acceptors (Lipinski definition) is 11. The Hall–Kier alpha value is -4.35. The van der Waals surface area contributed by atoms with Crippen molar-refractivity contribution in [1.29, 1.82) is 0 Å². The lowest BCUT2D eigenvalue weighted by Gasteiger charge is -2.46. The first-order chi connectivity index (χ1) is 20.3. The van der Waals surface area contributed by atoms with Crippen molar-refractivity contribution < 1.29 is 19.2 Å². The average Bonchev–Trinajstić information content (AvgIpc) is 3.60. The molecule has 0 amide bonds. The minimum absolute atomic E-state index is 0.0590. The topological polar surface area (TPSA) is 139 Å². The summed E-state index contributed by atoms with van der Waals surface area (Å²) in [5.41, 5.74) is 2.72. The van der Waals surface area contributed by atoms with Crippen molar-refractivity contribution in [3.8, 4) is 11.5 Å².